The predicted molar refractivity (Wildman–Crippen MR) is 83.3 cm³/mol. The van der Waals surface area contributed by atoms with Crippen LogP contribution in [0.15, 0.2) is 29.6 Å². The third-order valence-electron chi connectivity index (χ3n) is 3.08. The van der Waals surface area contributed by atoms with Crippen molar-refractivity contribution in [3.63, 3.8) is 0 Å². The molecule has 5 nitrogen and oxygen atoms in total. The summed E-state index contributed by atoms with van der Waals surface area (Å²) in [6.07, 6.45) is 0. The van der Waals surface area contributed by atoms with Crippen LogP contribution in [0.3, 0.4) is 0 Å². The smallest absolute Gasteiger partial charge is 0.218 e. The molecule has 0 aliphatic rings. The maximum absolute atomic E-state index is 12.3. The Morgan fingerprint density at radius 2 is 1.86 bits per heavy atom. The molecule has 0 aliphatic heterocycles. The van der Waals surface area contributed by atoms with Crippen LogP contribution < -0.4 is 0 Å². The van der Waals surface area contributed by atoms with Gasteiger partial charge in [-0.25, -0.2) is 13.4 Å². The van der Waals surface area contributed by atoms with Gasteiger partial charge in [0.2, 0.25) is 10.0 Å². The van der Waals surface area contributed by atoms with Gasteiger partial charge >= 0.3 is 0 Å². The number of rotatable bonds is 6. The molecule has 2 rings (SSSR count). The maximum Gasteiger partial charge on any atom is 0.218 e. The minimum atomic E-state index is -3.39. The summed E-state index contributed by atoms with van der Waals surface area (Å²) in [5.41, 5.74) is 2.23. The minimum Gasteiger partial charge on any atom is -0.392 e. The monoisotopic (exact) mass is 326 g/mol. The van der Waals surface area contributed by atoms with Gasteiger partial charge in [0.1, 0.15) is 0 Å². The van der Waals surface area contributed by atoms with Crippen LogP contribution in [-0.4, -0.2) is 29.9 Å². The van der Waals surface area contributed by atoms with Crippen LogP contribution in [0.4, 0.5) is 0 Å². The summed E-state index contributed by atoms with van der Waals surface area (Å²) in [4.78, 5) is 4.28. The first-order valence-electron chi connectivity index (χ1n) is 6.44. The summed E-state index contributed by atoms with van der Waals surface area (Å²) in [6, 6.07) is 6.91. The number of hydrogen-bond donors (Lipinski definition) is 1. The van der Waals surface area contributed by atoms with E-state index in [2.05, 4.69) is 4.98 Å². The molecule has 0 saturated carbocycles. The first-order valence-corrected chi connectivity index (χ1v) is 8.93. The molecule has 0 amide bonds. The average Bonchev–Trinajstić information content (AvgIpc) is 2.84. The molecule has 0 radical (unpaired) electrons. The Balaban J connectivity index is 2.05. The van der Waals surface area contributed by atoms with Crippen molar-refractivity contribution in [3.8, 4) is 0 Å². The largest absolute Gasteiger partial charge is 0.392 e. The Morgan fingerprint density at radius 1 is 1.24 bits per heavy atom. The molecular formula is C14H18N2O3S2. The van der Waals surface area contributed by atoms with E-state index in [4.69, 9.17) is 5.11 Å². The van der Waals surface area contributed by atoms with E-state index in [1.807, 2.05) is 12.3 Å². The van der Waals surface area contributed by atoms with Gasteiger partial charge in [0, 0.05) is 12.4 Å². The molecule has 0 atom stereocenters. The normalized spacial score (nSPS) is 12.0. The number of nitrogens with zero attached hydrogens (tertiary/aromatic N) is 2. The molecular weight excluding hydrogens is 308 g/mol. The standard InChI is InChI=1S/C14H18N2O3S2/c1-11-15-14(9-20-11)7-16(2)21(18,19)10-13-5-3-12(8-17)4-6-13/h3-6,9,17H,7-8,10H2,1-2H3. The van der Waals surface area contributed by atoms with E-state index in [0.29, 0.717) is 5.56 Å². The van der Waals surface area contributed by atoms with E-state index in [0.717, 1.165) is 16.3 Å². The van der Waals surface area contributed by atoms with Crippen LogP contribution in [-0.2, 0) is 28.9 Å². The summed E-state index contributed by atoms with van der Waals surface area (Å²) in [5.74, 6) is -0.0572. The van der Waals surface area contributed by atoms with Crippen molar-refractivity contribution in [3.05, 3.63) is 51.5 Å². The highest BCUT2D eigenvalue weighted by Crippen LogP contribution is 2.15. The summed E-state index contributed by atoms with van der Waals surface area (Å²) < 4.78 is 26.0. The number of aliphatic hydroxyl groups excluding tert-OH is 1. The zero-order valence-corrected chi connectivity index (χ0v) is 13.6. The van der Waals surface area contributed by atoms with Crippen LogP contribution in [0, 0.1) is 6.92 Å². The Labute approximate surface area is 128 Å². The number of aryl methyl sites for hydroxylation is 1. The second-order valence-corrected chi connectivity index (χ2v) is 7.98. The molecule has 0 fully saturated rings. The topological polar surface area (TPSA) is 70.5 Å². The summed E-state index contributed by atoms with van der Waals surface area (Å²) >= 11 is 1.51. The third-order valence-corrected chi connectivity index (χ3v) is 5.68. The lowest BCUT2D eigenvalue weighted by molar-refractivity contribution is 0.282. The van der Waals surface area contributed by atoms with E-state index >= 15 is 0 Å². The van der Waals surface area contributed by atoms with Gasteiger partial charge in [-0.05, 0) is 18.1 Å². The Bertz CT molecular complexity index is 693. The summed E-state index contributed by atoms with van der Waals surface area (Å²) in [5, 5.41) is 11.8. The number of hydrogen-bond acceptors (Lipinski definition) is 5. The van der Waals surface area contributed by atoms with E-state index in [1.165, 1.54) is 15.6 Å². The van der Waals surface area contributed by atoms with Crippen LogP contribution in [0.1, 0.15) is 21.8 Å². The summed E-state index contributed by atoms with van der Waals surface area (Å²) in [7, 11) is -1.82. The van der Waals surface area contributed by atoms with Crippen molar-refractivity contribution in [1.82, 2.24) is 9.29 Å². The van der Waals surface area contributed by atoms with Gasteiger partial charge in [-0.2, -0.15) is 4.31 Å². The zero-order valence-electron chi connectivity index (χ0n) is 12.0. The molecule has 2 aromatic rings. The lowest BCUT2D eigenvalue weighted by Crippen LogP contribution is -2.27. The van der Waals surface area contributed by atoms with Crippen molar-refractivity contribution in [2.24, 2.45) is 0 Å². The highest BCUT2D eigenvalue weighted by molar-refractivity contribution is 7.88. The number of benzene rings is 1. The van der Waals surface area contributed by atoms with Crippen molar-refractivity contribution in [1.29, 1.82) is 0 Å². The molecule has 0 spiro atoms. The fraction of sp³-hybridized carbons (Fsp3) is 0.357. The van der Waals surface area contributed by atoms with Crippen LogP contribution in [0.2, 0.25) is 0 Å². The highest BCUT2D eigenvalue weighted by atomic mass is 32.2. The number of sulfonamides is 1. The van der Waals surface area contributed by atoms with E-state index in [9.17, 15) is 8.42 Å². The molecule has 7 heteroatoms. The maximum atomic E-state index is 12.3. The Kier molecular flexibility index (Phi) is 5.10. The lowest BCUT2D eigenvalue weighted by Gasteiger charge is -2.16. The van der Waals surface area contributed by atoms with E-state index < -0.39 is 10.0 Å². The average molecular weight is 326 g/mol. The number of aliphatic hydroxyl groups is 1. The van der Waals surface area contributed by atoms with E-state index in [1.54, 1.807) is 31.3 Å². The van der Waals surface area contributed by atoms with E-state index in [-0.39, 0.29) is 18.9 Å². The molecule has 1 N–H and O–H groups in total. The lowest BCUT2D eigenvalue weighted by atomic mass is 10.2. The van der Waals surface area contributed by atoms with Gasteiger partial charge < -0.3 is 5.11 Å². The van der Waals surface area contributed by atoms with Gasteiger partial charge in [-0.15, -0.1) is 11.3 Å². The SMILES string of the molecule is Cc1nc(CN(C)S(=O)(=O)Cc2ccc(CO)cc2)cs1. The first kappa shape index (κ1) is 16.1. The molecule has 1 heterocycles. The molecule has 0 unspecified atom stereocenters. The van der Waals surface area contributed by atoms with Crippen LogP contribution in [0.5, 0.6) is 0 Å². The van der Waals surface area contributed by atoms with Gasteiger partial charge in [-0.3, -0.25) is 0 Å². The van der Waals surface area contributed by atoms with Gasteiger partial charge in [0.05, 0.1) is 29.6 Å². The second-order valence-electron chi connectivity index (χ2n) is 4.84. The second kappa shape index (κ2) is 6.65. The highest BCUT2D eigenvalue weighted by Gasteiger charge is 2.19. The first-order chi connectivity index (χ1) is 9.90. The van der Waals surface area contributed by atoms with Crippen molar-refractivity contribution in [2.75, 3.05) is 7.05 Å². The number of thiazole rings is 1. The van der Waals surface area contributed by atoms with Crippen molar-refractivity contribution < 1.29 is 13.5 Å². The molecule has 114 valence electrons. The molecule has 0 bridgehead atoms. The molecule has 0 saturated heterocycles. The zero-order chi connectivity index (χ0) is 15.5. The minimum absolute atomic E-state index is 0.0455. The van der Waals surface area contributed by atoms with Crippen molar-refractivity contribution >= 4 is 21.4 Å². The van der Waals surface area contributed by atoms with Gasteiger partial charge in [0.15, 0.2) is 0 Å². The summed E-state index contributed by atoms with van der Waals surface area (Å²) in [6.45, 7) is 2.13. The van der Waals surface area contributed by atoms with Gasteiger partial charge in [0.25, 0.3) is 0 Å². The molecule has 21 heavy (non-hydrogen) atoms. The predicted octanol–water partition coefficient (Wildman–Crippen LogP) is 1.91. The Hall–Kier alpha value is -1.28. The molecule has 1 aromatic carbocycles. The number of aromatic nitrogens is 1. The third kappa shape index (κ3) is 4.34. The van der Waals surface area contributed by atoms with Crippen LogP contribution in [0.25, 0.3) is 0 Å². The molecule has 0 aliphatic carbocycles. The molecule has 1 aromatic heterocycles. The van der Waals surface area contributed by atoms with Gasteiger partial charge in [-0.1, -0.05) is 24.3 Å². The van der Waals surface area contributed by atoms with Crippen molar-refractivity contribution in [2.45, 2.75) is 25.8 Å². The fourth-order valence-corrected chi connectivity index (χ4v) is 3.64. The Morgan fingerprint density at radius 3 is 2.38 bits per heavy atom. The van der Waals surface area contributed by atoms with Crippen LogP contribution >= 0.6 is 11.3 Å². The quantitative estimate of drug-likeness (QED) is 0.880. The fourth-order valence-electron chi connectivity index (χ4n) is 1.87.